The van der Waals surface area contributed by atoms with Crippen LogP contribution in [0.15, 0.2) is 24.3 Å². The fourth-order valence-corrected chi connectivity index (χ4v) is 1.91. The Morgan fingerprint density at radius 2 is 1.85 bits per heavy atom. The van der Waals surface area contributed by atoms with Gasteiger partial charge >= 0.3 is 0 Å². The zero-order chi connectivity index (χ0) is 14.5. The highest BCUT2D eigenvalue weighted by Crippen LogP contribution is 2.28. The molecule has 20 heavy (non-hydrogen) atoms. The largest absolute Gasteiger partial charge is 0.438 e. The molecule has 4 nitrogen and oxygen atoms in total. The van der Waals surface area contributed by atoms with Crippen LogP contribution >= 0.6 is 0 Å². The van der Waals surface area contributed by atoms with Gasteiger partial charge in [-0.05, 0) is 32.4 Å². The number of hydrogen-bond acceptors (Lipinski definition) is 4. The molecular weight excluding hydrogens is 250 g/mol. The first-order valence-electron chi connectivity index (χ1n) is 7.00. The highest BCUT2D eigenvalue weighted by atomic mass is 16.5. The molecule has 1 aromatic carbocycles. The lowest BCUT2D eigenvalue weighted by atomic mass is 10.2. The van der Waals surface area contributed by atoms with E-state index in [0.29, 0.717) is 5.88 Å². The first-order chi connectivity index (χ1) is 9.65. The standard InChI is InChI=1S/C16H21N3O/c1-5-14-18-15(17-6-2)12(4)16(19-14)20-13-10-8-7-9-11(13)3/h7-10H,5-6H2,1-4H3,(H,17,18,19). The Morgan fingerprint density at radius 3 is 2.50 bits per heavy atom. The van der Waals surface area contributed by atoms with E-state index in [1.54, 1.807) is 0 Å². The first-order valence-corrected chi connectivity index (χ1v) is 7.00. The minimum Gasteiger partial charge on any atom is -0.438 e. The summed E-state index contributed by atoms with van der Waals surface area (Å²) < 4.78 is 5.98. The molecule has 4 heteroatoms. The monoisotopic (exact) mass is 271 g/mol. The van der Waals surface area contributed by atoms with Crippen LogP contribution in [0, 0.1) is 13.8 Å². The molecule has 0 bridgehead atoms. The number of aryl methyl sites for hydroxylation is 2. The Labute approximate surface area is 120 Å². The average Bonchev–Trinajstić information content (AvgIpc) is 2.45. The van der Waals surface area contributed by atoms with Crippen LogP contribution in [0.5, 0.6) is 11.6 Å². The molecule has 106 valence electrons. The van der Waals surface area contributed by atoms with Crippen molar-refractivity contribution in [2.45, 2.75) is 34.1 Å². The van der Waals surface area contributed by atoms with E-state index in [0.717, 1.165) is 41.5 Å². The summed E-state index contributed by atoms with van der Waals surface area (Å²) in [4.78, 5) is 9.00. The lowest BCUT2D eigenvalue weighted by molar-refractivity contribution is 0.452. The summed E-state index contributed by atoms with van der Waals surface area (Å²) in [6.45, 7) is 8.92. The van der Waals surface area contributed by atoms with Gasteiger partial charge in [0.2, 0.25) is 5.88 Å². The second kappa shape index (κ2) is 6.37. The van der Waals surface area contributed by atoms with Gasteiger partial charge in [-0.3, -0.25) is 0 Å². The number of hydrogen-bond donors (Lipinski definition) is 1. The molecule has 0 aliphatic rings. The minimum absolute atomic E-state index is 0.627. The van der Waals surface area contributed by atoms with Crippen LogP contribution in [0.3, 0.4) is 0 Å². The lowest BCUT2D eigenvalue weighted by Gasteiger charge is -2.14. The topological polar surface area (TPSA) is 47.0 Å². The maximum absolute atomic E-state index is 5.98. The molecule has 0 fully saturated rings. The normalized spacial score (nSPS) is 10.4. The van der Waals surface area contributed by atoms with Crippen molar-refractivity contribution in [2.24, 2.45) is 0 Å². The van der Waals surface area contributed by atoms with E-state index >= 15 is 0 Å². The van der Waals surface area contributed by atoms with Crippen molar-refractivity contribution in [3.8, 4) is 11.6 Å². The van der Waals surface area contributed by atoms with Gasteiger partial charge in [-0.25, -0.2) is 4.98 Å². The summed E-state index contributed by atoms with van der Waals surface area (Å²) in [5.41, 5.74) is 2.03. The van der Waals surface area contributed by atoms with Gasteiger partial charge < -0.3 is 10.1 Å². The summed E-state index contributed by atoms with van der Waals surface area (Å²) >= 11 is 0. The smallest absolute Gasteiger partial charge is 0.227 e. The summed E-state index contributed by atoms with van der Waals surface area (Å²) in [5, 5.41) is 3.26. The molecular formula is C16H21N3O. The predicted octanol–water partition coefficient (Wildman–Crippen LogP) is 3.88. The van der Waals surface area contributed by atoms with Gasteiger partial charge in [-0.2, -0.15) is 4.98 Å². The van der Waals surface area contributed by atoms with Gasteiger partial charge in [0, 0.05) is 13.0 Å². The van der Waals surface area contributed by atoms with Crippen LogP contribution in [-0.4, -0.2) is 16.5 Å². The SMILES string of the molecule is CCNc1nc(CC)nc(Oc2ccccc2C)c1C. The Kier molecular flexibility index (Phi) is 4.56. The van der Waals surface area contributed by atoms with Crippen molar-refractivity contribution in [3.63, 3.8) is 0 Å². The van der Waals surface area contributed by atoms with Crippen LogP contribution in [-0.2, 0) is 6.42 Å². The number of rotatable bonds is 5. The van der Waals surface area contributed by atoms with E-state index in [1.807, 2.05) is 45.0 Å². The van der Waals surface area contributed by atoms with Crippen LogP contribution in [0.4, 0.5) is 5.82 Å². The molecule has 0 saturated carbocycles. The van der Waals surface area contributed by atoms with E-state index in [-0.39, 0.29) is 0 Å². The fourth-order valence-electron chi connectivity index (χ4n) is 1.91. The number of ether oxygens (including phenoxy) is 1. The van der Waals surface area contributed by atoms with E-state index in [4.69, 9.17) is 4.74 Å². The van der Waals surface area contributed by atoms with Crippen molar-refractivity contribution < 1.29 is 4.74 Å². The summed E-state index contributed by atoms with van der Waals surface area (Å²) in [7, 11) is 0. The Bertz CT molecular complexity index is 596. The maximum Gasteiger partial charge on any atom is 0.227 e. The van der Waals surface area contributed by atoms with Gasteiger partial charge in [-0.15, -0.1) is 0 Å². The summed E-state index contributed by atoms with van der Waals surface area (Å²) in [6.07, 6.45) is 0.781. The average molecular weight is 271 g/mol. The van der Waals surface area contributed by atoms with Crippen LogP contribution in [0.25, 0.3) is 0 Å². The van der Waals surface area contributed by atoms with Crippen molar-refractivity contribution in [3.05, 3.63) is 41.2 Å². The molecule has 0 saturated heterocycles. The second-order valence-corrected chi connectivity index (χ2v) is 4.67. The highest BCUT2D eigenvalue weighted by molar-refractivity contribution is 5.50. The minimum atomic E-state index is 0.627. The Morgan fingerprint density at radius 1 is 1.10 bits per heavy atom. The zero-order valence-corrected chi connectivity index (χ0v) is 12.5. The number of nitrogens with one attached hydrogen (secondary N) is 1. The summed E-state index contributed by atoms with van der Waals surface area (Å²) in [6, 6.07) is 7.94. The third-order valence-electron chi connectivity index (χ3n) is 3.11. The van der Waals surface area contributed by atoms with Crippen LogP contribution < -0.4 is 10.1 Å². The number of aromatic nitrogens is 2. The van der Waals surface area contributed by atoms with E-state index < -0.39 is 0 Å². The number of nitrogens with zero attached hydrogens (tertiary/aromatic N) is 2. The van der Waals surface area contributed by atoms with E-state index in [9.17, 15) is 0 Å². The molecule has 1 aromatic heterocycles. The molecule has 1 N–H and O–H groups in total. The van der Waals surface area contributed by atoms with Gasteiger partial charge in [-0.1, -0.05) is 25.1 Å². The van der Waals surface area contributed by atoms with Crippen molar-refractivity contribution in [1.82, 2.24) is 9.97 Å². The highest BCUT2D eigenvalue weighted by Gasteiger charge is 2.12. The fraction of sp³-hybridized carbons (Fsp3) is 0.375. The molecule has 0 unspecified atom stereocenters. The third-order valence-corrected chi connectivity index (χ3v) is 3.11. The summed E-state index contributed by atoms with van der Waals surface area (Å²) in [5.74, 6) is 3.10. The second-order valence-electron chi connectivity index (χ2n) is 4.67. The zero-order valence-electron chi connectivity index (χ0n) is 12.5. The van der Waals surface area contributed by atoms with E-state index in [1.165, 1.54) is 0 Å². The number of anilines is 1. The Balaban J connectivity index is 2.40. The van der Waals surface area contributed by atoms with Gasteiger partial charge in [0.1, 0.15) is 17.4 Å². The molecule has 2 rings (SSSR count). The molecule has 0 aliphatic heterocycles. The van der Waals surface area contributed by atoms with E-state index in [2.05, 4.69) is 22.2 Å². The molecule has 0 radical (unpaired) electrons. The Hall–Kier alpha value is -2.10. The molecule has 1 heterocycles. The van der Waals surface area contributed by atoms with Gasteiger partial charge in [0.15, 0.2) is 0 Å². The third kappa shape index (κ3) is 3.07. The van der Waals surface area contributed by atoms with Crippen LogP contribution in [0.1, 0.15) is 30.8 Å². The van der Waals surface area contributed by atoms with Crippen molar-refractivity contribution >= 4 is 5.82 Å². The van der Waals surface area contributed by atoms with Gasteiger partial charge in [0.25, 0.3) is 0 Å². The first kappa shape index (κ1) is 14.3. The number of para-hydroxylation sites is 1. The predicted molar refractivity (Wildman–Crippen MR) is 81.6 cm³/mol. The van der Waals surface area contributed by atoms with Gasteiger partial charge in [0.05, 0.1) is 5.56 Å². The number of benzene rings is 1. The van der Waals surface area contributed by atoms with Crippen molar-refractivity contribution in [2.75, 3.05) is 11.9 Å². The molecule has 0 aliphatic carbocycles. The van der Waals surface area contributed by atoms with Crippen molar-refractivity contribution in [1.29, 1.82) is 0 Å². The molecule has 0 amide bonds. The van der Waals surface area contributed by atoms with Crippen LogP contribution in [0.2, 0.25) is 0 Å². The molecule has 2 aromatic rings. The quantitative estimate of drug-likeness (QED) is 0.896. The maximum atomic E-state index is 5.98. The molecule has 0 atom stereocenters. The lowest BCUT2D eigenvalue weighted by Crippen LogP contribution is -2.07. The molecule has 0 spiro atoms.